The molecular formula is C23H27F2N7O2. The van der Waals surface area contributed by atoms with Gasteiger partial charge in [0.2, 0.25) is 0 Å². The lowest BCUT2D eigenvalue weighted by atomic mass is 10.1. The number of fused-ring (bicyclic) bond motifs is 3. The Kier molecular flexibility index (Phi) is 7.15. The first-order chi connectivity index (χ1) is 16.4. The van der Waals surface area contributed by atoms with Crippen LogP contribution in [0.3, 0.4) is 0 Å². The van der Waals surface area contributed by atoms with Crippen LogP contribution in [0.15, 0.2) is 30.5 Å². The minimum Gasteiger partial charge on any atom is -0.394 e. The number of nitrogens with two attached hydrogens (primary N) is 2. The lowest BCUT2D eigenvalue weighted by molar-refractivity contribution is 0.125. The molecule has 0 radical (unpaired) electrons. The second-order valence-electron chi connectivity index (χ2n) is 7.84. The predicted molar refractivity (Wildman–Crippen MR) is 126 cm³/mol. The van der Waals surface area contributed by atoms with Gasteiger partial charge in [0.15, 0.2) is 5.82 Å². The van der Waals surface area contributed by atoms with E-state index >= 15 is 0 Å². The number of unbranched alkanes of at least 4 members (excludes halogenated alkanes) is 1. The summed E-state index contributed by atoms with van der Waals surface area (Å²) in [6.07, 6.45) is 1.89. The van der Waals surface area contributed by atoms with Crippen LogP contribution in [0, 0.1) is 11.6 Å². The van der Waals surface area contributed by atoms with Crippen LogP contribution in [0.2, 0.25) is 0 Å². The summed E-state index contributed by atoms with van der Waals surface area (Å²) in [5.74, 6) is -0.748. The Hall–Kier alpha value is -3.41. The van der Waals surface area contributed by atoms with Crippen LogP contribution in [0.5, 0.6) is 0 Å². The average molecular weight is 472 g/mol. The Bertz CT molecular complexity index is 1290. The highest BCUT2D eigenvalue weighted by atomic mass is 19.1. The van der Waals surface area contributed by atoms with Crippen LogP contribution in [-0.2, 0) is 17.9 Å². The maximum Gasteiger partial charge on any atom is 0.152 e. The molecule has 3 aromatic heterocycles. The van der Waals surface area contributed by atoms with Gasteiger partial charge >= 0.3 is 0 Å². The SMILES string of the molecule is CCOCc1nc2c(N)nc3cccnc3c2n1CCCCNC(O)c1cc(F)c(N)c(F)c1. The molecule has 4 aromatic rings. The highest BCUT2D eigenvalue weighted by Gasteiger charge is 2.18. The summed E-state index contributed by atoms with van der Waals surface area (Å²) in [5, 5.41) is 13.1. The van der Waals surface area contributed by atoms with Crippen molar-refractivity contribution in [2.75, 3.05) is 24.6 Å². The number of nitrogens with zero attached hydrogens (tertiary/aromatic N) is 4. The molecule has 4 rings (SSSR count). The molecule has 9 nitrogen and oxygen atoms in total. The Labute approximate surface area is 194 Å². The van der Waals surface area contributed by atoms with Gasteiger partial charge in [-0.3, -0.25) is 10.3 Å². The van der Waals surface area contributed by atoms with Gasteiger partial charge in [0.1, 0.15) is 52.5 Å². The van der Waals surface area contributed by atoms with E-state index in [-0.39, 0.29) is 5.56 Å². The van der Waals surface area contributed by atoms with Crippen molar-refractivity contribution in [3.63, 3.8) is 0 Å². The molecule has 0 saturated carbocycles. The monoisotopic (exact) mass is 471 g/mol. The number of anilines is 2. The molecule has 0 aliphatic carbocycles. The highest BCUT2D eigenvalue weighted by Crippen LogP contribution is 2.28. The first-order valence-corrected chi connectivity index (χ1v) is 11.0. The summed E-state index contributed by atoms with van der Waals surface area (Å²) in [6.45, 7) is 3.81. The van der Waals surface area contributed by atoms with Crippen LogP contribution in [0.1, 0.15) is 37.4 Å². The van der Waals surface area contributed by atoms with Gasteiger partial charge in [-0.15, -0.1) is 0 Å². The summed E-state index contributed by atoms with van der Waals surface area (Å²) in [6, 6.07) is 5.69. The largest absolute Gasteiger partial charge is 0.394 e. The standard InChI is InChI=1S/C23H27F2N7O2/c1-2-34-12-17-31-20-21(19-16(30-22(20)27)6-5-8-28-19)32(17)9-4-3-7-29-23(33)13-10-14(24)18(26)15(25)11-13/h5-6,8,10-11,23,29,33H,2-4,7,9,12,26H2,1H3,(H2,27,30). The number of ether oxygens (including phenoxy) is 1. The van der Waals surface area contributed by atoms with E-state index in [0.717, 1.165) is 29.9 Å². The molecule has 1 atom stereocenters. The highest BCUT2D eigenvalue weighted by molar-refractivity contribution is 6.04. The third-order valence-corrected chi connectivity index (χ3v) is 5.54. The van der Waals surface area contributed by atoms with Crippen molar-refractivity contribution in [2.24, 2.45) is 0 Å². The minimum absolute atomic E-state index is 0.0734. The van der Waals surface area contributed by atoms with Gasteiger partial charge in [0, 0.05) is 24.9 Å². The van der Waals surface area contributed by atoms with E-state index in [1.165, 1.54) is 0 Å². The van der Waals surface area contributed by atoms with Gasteiger partial charge in [0.25, 0.3) is 0 Å². The zero-order chi connectivity index (χ0) is 24.2. The van der Waals surface area contributed by atoms with Gasteiger partial charge in [-0.1, -0.05) is 0 Å². The van der Waals surface area contributed by atoms with Crippen molar-refractivity contribution in [3.05, 3.63) is 53.5 Å². The summed E-state index contributed by atoms with van der Waals surface area (Å²) in [4.78, 5) is 13.6. The number of benzene rings is 1. The maximum atomic E-state index is 13.7. The number of hydrogen-bond donors (Lipinski definition) is 4. The number of halogens is 2. The molecule has 0 spiro atoms. The van der Waals surface area contributed by atoms with E-state index in [2.05, 4.69) is 20.3 Å². The zero-order valence-corrected chi connectivity index (χ0v) is 18.8. The van der Waals surface area contributed by atoms with Crippen LogP contribution in [0.4, 0.5) is 20.3 Å². The van der Waals surface area contributed by atoms with E-state index in [1.807, 2.05) is 17.6 Å². The Balaban J connectivity index is 1.47. The number of aromatic nitrogens is 4. The van der Waals surface area contributed by atoms with Gasteiger partial charge in [0.05, 0.1) is 5.52 Å². The van der Waals surface area contributed by atoms with Gasteiger partial charge in [-0.25, -0.2) is 18.7 Å². The lowest BCUT2D eigenvalue weighted by Gasteiger charge is -2.15. The molecule has 34 heavy (non-hydrogen) atoms. The first kappa shape index (κ1) is 23.7. The van der Waals surface area contributed by atoms with Crippen LogP contribution < -0.4 is 16.8 Å². The van der Waals surface area contributed by atoms with Crippen LogP contribution in [0.25, 0.3) is 22.1 Å². The molecule has 3 heterocycles. The average Bonchev–Trinajstić information content (AvgIpc) is 3.19. The number of nitrogens with one attached hydrogen (secondary N) is 1. The molecule has 1 unspecified atom stereocenters. The van der Waals surface area contributed by atoms with Crippen molar-refractivity contribution in [1.29, 1.82) is 0 Å². The van der Waals surface area contributed by atoms with Gasteiger partial charge in [-0.2, -0.15) is 0 Å². The summed E-state index contributed by atoms with van der Waals surface area (Å²) < 4.78 is 34.9. The number of aliphatic hydroxyl groups excluding tert-OH is 1. The number of nitrogen functional groups attached to an aromatic ring is 2. The van der Waals surface area contributed by atoms with Crippen LogP contribution >= 0.6 is 0 Å². The van der Waals surface area contributed by atoms with Crippen molar-refractivity contribution >= 4 is 33.6 Å². The summed E-state index contributed by atoms with van der Waals surface area (Å²) >= 11 is 0. The van der Waals surface area contributed by atoms with Gasteiger partial charge < -0.3 is 25.9 Å². The van der Waals surface area contributed by atoms with Crippen LogP contribution in [-0.4, -0.2) is 37.8 Å². The minimum atomic E-state index is -1.22. The molecule has 180 valence electrons. The molecule has 0 amide bonds. The Morgan fingerprint density at radius 3 is 2.65 bits per heavy atom. The fourth-order valence-corrected chi connectivity index (χ4v) is 3.83. The Morgan fingerprint density at radius 1 is 1.15 bits per heavy atom. The molecule has 1 aromatic carbocycles. The van der Waals surface area contributed by atoms with E-state index in [0.29, 0.717) is 55.1 Å². The number of rotatable bonds is 10. The van der Waals surface area contributed by atoms with Gasteiger partial charge in [-0.05, 0) is 50.6 Å². The number of hydrogen-bond acceptors (Lipinski definition) is 8. The number of aliphatic hydroxyl groups is 1. The molecule has 11 heteroatoms. The van der Waals surface area contributed by atoms with Crippen molar-refractivity contribution in [2.45, 2.75) is 39.1 Å². The molecule has 0 saturated heterocycles. The quantitative estimate of drug-likeness (QED) is 0.157. The number of aryl methyl sites for hydroxylation is 1. The fourth-order valence-electron chi connectivity index (χ4n) is 3.83. The topological polar surface area (TPSA) is 137 Å². The fraction of sp³-hybridized carbons (Fsp3) is 0.348. The lowest BCUT2D eigenvalue weighted by Crippen LogP contribution is -2.23. The number of imidazole rings is 1. The van der Waals surface area contributed by atoms with Crippen molar-refractivity contribution in [3.8, 4) is 0 Å². The molecular weight excluding hydrogens is 444 g/mol. The first-order valence-electron chi connectivity index (χ1n) is 11.0. The second-order valence-corrected chi connectivity index (χ2v) is 7.84. The molecule has 0 fully saturated rings. The predicted octanol–water partition coefficient (Wildman–Crippen LogP) is 3.02. The third kappa shape index (κ3) is 4.76. The summed E-state index contributed by atoms with van der Waals surface area (Å²) in [5.41, 5.74) is 13.7. The van der Waals surface area contributed by atoms with E-state index < -0.39 is 23.5 Å². The van der Waals surface area contributed by atoms with E-state index in [4.69, 9.17) is 16.2 Å². The zero-order valence-electron chi connectivity index (χ0n) is 18.8. The molecule has 6 N–H and O–H groups in total. The smallest absolute Gasteiger partial charge is 0.152 e. The Morgan fingerprint density at radius 2 is 1.91 bits per heavy atom. The van der Waals surface area contributed by atoms with E-state index in [1.54, 1.807) is 12.3 Å². The van der Waals surface area contributed by atoms with Crippen molar-refractivity contribution in [1.82, 2.24) is 24.8 Å². The number of pyridine rings is 2. The molecule has 0 bridgehead atoms. The van der Waals surface area contributed by atoms with Crippen molar-refractivity contribution < 1.29 is 18.6 Å². The summed E-state index contributed by atoms with van der Waals surface area (Å²) in [7, 11) is 0. The third-order valence-electron chi connectivity index (χ3n) is 5.54. The maximum absolute atomic E-state index is 13.7. The normalized spacial score (nSPS) is 12.6. The molecule has 0 aliphatic heterocycles. The second kappa shape index (κ2) is 10.2. The molecule has 0 aliphatic rings. The van der Waals surface area contributed by atoms with E-state index in [9.17, 15) is 13.9 Å².